The van der Waals surface area contributed by atoms with Crippen LogP contribution in [0.2, 0.25) is 0 Å². The molecule has 5 nitrogen and oxygen atoms in total. The molecule has 0 bridgehead atoms. The van der Waals surface area contributed by atoms with Crippen molar-refractivity contribution in [3.8, 4) is 5.75 Å². The Hall–Kier alpha value is -1.36. The van der Waals surface area contributed by atoms with Crippen molar-refractivity contribution in [2.75, 3.05) is 14.2 Å². The normalized spacial score (nSPS) is 17.6. The number of Topliss-reactive ketones (excluding diaryl/α,β-unsaturated/α-hetero) is 1. The van der Waals surface area contributed by atoms with E-state index >= 15 is 0 Å². The zero-order valence-electron chi connectivity index (χ0n) is 10.5. The van der Waals surface area contributed by atoms with Crippen LogP contribution in [0.15, 0.2) is 6.20 Å². The van der Waals surface area contributed by atoms with Crippen LogP contribution in [-0.4, -0.2) is 35.4 Å². The molecule has 1 aromatic rings. The van der Waals surface area contributed by atoms with Crippen LogP contribution < -0.4 is 4.74 Å². The smallest absolute Gasteiger partial charge is 0.187 e. The van der Waals surface area contributed by atoms with Gasteiger partial charge in [-0.1, -0.05) is 0 Å². The molecular formula is C12H18N2O3. The largest absolute Gasteiger partial charge is 0.493 e. The molecule has 1 fully saturated rings. The summed E-state index contributed by atoms with van der Waals surface area (Å²) < 4.78 is 12.2. The lowest BCUT2D eigenvalue weighted by atomic mass is 9.76. The lowest BCUT2D eigenvalue weighted by Crippen LogP contribution is -2.41. The van der Waals surface area contributed by atoms with Gasteiger partial charge >= 0.3 is 0 Å². The van der Waals surface area contributed by atoms with E-state index in [0.29, 0.717) is 17.9 Å². The lowest BCUT2D eigenvalue weighted by molar-refractivity contribution is -0.0706. The van der Waals surface area contributed by atoms with Gasteiger partial charge in [0.1, 0.15) is 5.69 Å². The second-order valence-corrected chi connectivity index (χ2v) is 4.53. The molecule has 1 aromatic heterocycles. The molecule has 0 amide bonds. The highest BCUT2D eigenvalue weighted by atomic mass is 16.5. The first kappa shape index (κ1) is 12.1. The quantitative estimate of drug-likeness (QED) is 0.731. The van der Waals surface area contributed by atoms with Gasteiger partial charge in [0.05, 0.1) is 18.9 Å². The number of ether oxygens (including phenoxy) is 2. The van der Waals surface area contributed by atoms with Crippen LogP contribution in [0, 0.1) is 0 Å². The predicted molar refractivity (Wildman–Crippen MR) is 62.3 cm³/mol. The van der Waals surface area contributed by atoms with Gasteiger partial charge in [-0.3, -0.25) is 9.48 Å². The predicted octanol–water partition coefficient (Wildman–Crippen LogP) is 1.57. The maximum Gasteiger partial charge on any atom is 0.187 e. The topological polar surface area (TPSA) is 53.4 Å². The number of carbonyl (C=O) groups is 1. The number of hydrogen-bond acceptors (Lipinski definition) is 4. The number of methoxy groups -OCH3 is 2. The zero-order chi connectivity index (χ0) is 12.5. The molecule has 5 heteroatoms. The standard InChI is InChI=1S/C12H18N2O3/c1-14-11(10(16-2)8-13-14)9(15)7-12(17-3)5-4-6-12/h8H,4-7H2,1-3H3. The van der Waals surface area contributed by atoms with Gasteiger partial charge in [-0.15, -0.1) is 0 Å². The van der Waals surface area contributed by atoms with E-state index in [1.165, 1.54) is 0 Å². The molecule has 0 N–H and O–H groups in total. The van der Waals surface area contributed by atoms with Crippen molar-refractivity contribution in [1.29, 1.82) is 0 Å². The Bertz CT molecular complexity index is 416. The molecular weight excluding hydrogens is 220 g/mol. The van der Waals surface area contributed by atoms with Gasteiger partial charge in [0.25, 0.3) is 0 Å². The van der Waals surface area contributed by atoms with Crippen LogP contribution in [0.5, 0.6) is 5.75 Å². The van der Waals surface area contributed by atoms with Crippen molar-refractivity contribution in [2.24, 2.45) is 7.05 Å². The highest BCUT2D eigenvalue weighted by Crippen LogP contribution is 2.39. The molecule has 2 rings (SSSR count). The van der Waals surface area contributed by atoms with E-state index in [-0.39, 0.29) is 11.4 Å². The van der Waals surface area contributed by atoms with Crippen molar-refractivity contribution >= 4 is 5.78 Å². The first-order valence-corrected chi connectivity index (χ1v) is 5.76. The van der Waals surface area contributed by atoms with Crippen LogP contribution in [-0.2, 0) is 11.8 Å². The number of ketones is 1. The van der Waals surface area contributed by atoms with E-state index < -0.39 is 0 Å². The Labute approximate surface area is 101 Å². The summed E-state index contributed by atoms with van der Waals surface area (Å²) in [5.41, 5.74) is 0.266. The molecule has 1 aliphatic carbocycles. The minimum absolute atomic E-state index is 0.0309. The summed E-state index contributed by atoms with van der Waals surface area (Å²) in [4.78, 5) is 12.3. The molecule has 0 atom stereocenters. The van der Waals surface area contributed by atoms with Crippen molar-refractivity contribution < 1.29 is 14.3 Å². The molecule has 0 radical (unpaired) electrons. The fourth-order valence-electron chi connectivity index (χ4n) is 2.29. The number of carbonyl (C=O) groups excluding carboxylic acids is 1. The average Bonchev–Trinajstić information content (AvgIpc) is 2.64. The summed E-state index contributed by atoms with van der Waals surface area (Å²) in [7, 11) is 4.96. The van der Waals surface area contributed by atoms with Crippen molar-refractivity contribution in [1.82, 2.24) is 9.78 Å². The fourth-order valence-corrected chi connectivity index (χ4v) is 2.29. The van der Waals surface area contributed by atoms with Crippen molar-refractivity contribution in [3.05, 3.63) is 11.9 Å². The number of nitrogens with zero attached hydrogens (tertiary/aromatic N) is 2. The average molecular weight is 238 g/mol. The van der Waals surface area contributed by atoms with Gasteiger partial charge < -0.3 is 9.47 Å². The Morgan fingerprint density at radius 3 is 2.71 bits per heavy atom. The van der Waals surface area contributed by atoms with E-state index in [9.17, 15) is 4.79 Å². The van der Waals surface area contributed by atoms with Gasteiger partial charge in [0.2, 0.25) is 0 Å². The monoisotopic (exact) mass is 238 g/mol. The summed E-state index contributed by atoms with van der Waals surface area (Å²) >= 11 is 0. The highest BCUT2D eigenvalue weighted by Gasteiger charge is 2.40. The Kier molecular flexibility index (Phi) is 3.19. The third kappa shape index (κ3) is 2.07. The minimum Gasteiger partial charge on any atom is -0.493 e. The van der Waals surface area contributed by atoms with E-state index in [1.54, 1.807) is 32.1 Å². The van der Waals surface area contributed by atoms with Crippen LogP contribution in [0.25, 0.3) is 0 Å². The second-order valence-electron chi connectivity index (χ2n) is 4.53. The molecule has 0 unspecified atom stereocenters. The minimum atomic E-state index is -0.258. The van der Waals surface area contributed by atoms with Gasteiger partial charge in [0.15, 0.2) is 11.5 Å². The summed E-state index contributed by atoms with van der Waals surface area (Å²) in [6.45, 7) is 0. The van der Waals surface area contributed by atoms with E-state index in [4.69, 9.17) is 9.47 Å². The van der Waals surface area contributed by atoms with E-state index in [2.05, 4.69) is 5.10 Å². The highest BCUT2D eigenvalue weighted by molar-refractivity contribution is 5.97. The summed E-state index contributed by atoms with van der Waals surface area (Å²) in [5, 5.41) is 4.04. The second kappa shape index (κ2) is 4.49. The van der Waals surface area contributed by atoms with Crippen LogP contribution >= 0.6 is 0 Å². The lowest BCUT2D eigenvalue weighted by Gasteiger charge is -2.39. The van der Waals surface area contributed by atoms with E-state index in [1.807, 2.05) is 0 Å². The summed E-state index contributed by atoms with van der Waals surface area (Å²) in [6.07, 6.45) is 5.00. The Morgan fingerprint density at radius 2 is 2.24 bits per heavy atom. The molecule has 1 saturated carbocycles. The molecule has 94 valence electrons. The first-order chi connectivity index (χ1) is 8.12. The maximum absolute atomic E-state index is 12.3. The Balaban J connectivity index is 2.16. The third-order valence-corrected chi connectivity index (χ3v) is 3.57. The number of hydrogen-bond donors (Lipinski definition) is 0. The Morgan fingerprint density at radius 1 is 1.53 bits per heavy atom. The molecule has 0 aliphatic heterocycles. The summed E-state index contributed by atoms with van der Waals surface area (Å²) in [6, 6.07) is 0. The van der Waals surface area contributed by atoms with Crippen molar-refractivity contribution in [3.63, 3.8) is 0 Å². The summed E-state index contributed by atoms with van der Waals surface area (Å²) in [5.74, 6) is 0.562. The number of aromatic nitrogens is 2. The molecule has 0 aromatic carbocycles. The van der Waals surface area contributed by atoms with Crippen LogP contribution in [0.1, 0.15) is 36.2 Å². The van der Waals surface area contributed by atoms with Gasteiger partial charge in [-0.2, -0.15) is 5.10 Å². The first-order valence-electron chi connectivity index (χ1n) is 5.76. The van der Waals surface area contributed by atoms with Gasteiger partial charge in [-0.25, -0.2) is 0 Å². The van der Waals surface area contributed by atoms with Crippen LogP contribution in [0.4, 0.5) is 0 Å². The number of rotatable bonds is 5. The van der Waals surface area contributed by atoms with Gasteiger partial charge in [0, 0.05) is 20.6 Å². The molecule has 0 saturated heterocycles. The number of aryl methyl sites for hydroxylation is 1. The SMILES string of the molecule is COc1cnn(C)c1C(=O)CC1(OC)CCC1. The zero-order valence-corrected chi connectivity index (χ0v) is 10.5. The van der Waals surface area contributed by atoms with E-state index in [0.717, 1.165) is 19.3 Å². The fraction of sp³-hybridized carbons (Fsp3) is 0.667. The maximum atomic E-state index is 12.3. The van der Waals surface area contributed by atoms with Crippen LogP contribution in [0.3, 0.4) is 0 Å². The molecule has 1 heterocycles. The molecule has 1 aliphatic rings. The molecule has 0 spiro atoms. The van der Waals surface area contributed by atoms with Gasteiger partial charge in [-0.05, 0) is 19.3 Å². The van der Waals surface area contributed by atoms with Crippen molar-refractivity contribution in [2.45, 2.75) is 31.3 Å². The molecule has 17 heavy (non-hydrogen) atoms. The third-order valence-electron chi connectivity index (χ3n) is 3.57.